The molecule has 0 bridgehead atoms. The van der Waals surface area contributed by atoms with Gasteiger partial charge in [-0.25, -0.2) is 0 Å². The summed E-state index contributed by atoms with van der Waals surface area (Å²) in [5, 5.41) is 10.7. The Morgan fingerprint density at radius 2 is 2.00 bits per heavy atom. The molecule has 2 heteroatoms. The first kappa shape index (κ1) is 16.7. The zero-order valence-electron chi connectivity index (χ0n) is 15.2. The largest absolute Gasteiger partial charge is 0.507 e. The van der Waals surface area contributed by atoms with E-state index in [2.05, 4.69) is 33.8 Å². The Labute approximate surface area is 141 Å². The van der Waals surface area contributed by atoms with Gasteiger partial charge in [0.1, 0.15) is 17.6 Å². The van der Waals surface area contributed by atoms with Crippen LogP contribution < -0.4 is 4.74 Å². The van der Waals surface area contributed by atoms with Crippen molar-refractivity contribution in [2.75, 3.05) is 0 Å². The topological polar surface area (TPSA) is 29.5 Å². The van der Waals surface area contributed by atoms with Gasteiger partial charge in [0.15, 0.2) is 0 Å². The van der Waals surface area contributed by atoms with Crippen LogP contribution in [0.25, 0.3) is 0 Å². The molecular formula is C21H32O2. The summed E-state index contributed by atoms with van der Waals surface area (Å²) in [7, 11) is 0. The molecule has 1 fully saturated rings. The molecular weight excluding hydrogens is 284 g/mol. The summed E-state index contributed by atoms with van der Waals surface area (Å²) >= 11 is 0. The van der Waals surface area contributed by atoms with Gasteiger partial charge >= 0.3 is 0 Å². The molecule has 1 aliphatic heterocycles. The molecule has 0 amide bonds. The van der Waals surface area contributed by atoms with Gasteiger partial charge in [-0.1, -0.05) is 47.0 Å². The molecule has 3 atom stereocenters. The standard InChI is InChI=1S/C21H32O2/c1-5-6-7-8-15-12-17(22)20-19(13-15)23-18-11-14(2)9-10-16(18)21(20,3)4/h12-14,16,18,22H,5-11H2,1-4H3/t14?,16-,18-/m1/s1. The van der Waals surface area contributed by atoms with E-state index in [4.69, 9.17) is 4.74 Å². The van der Waals surface area contributed by atoms with Crippen LogP contribution in [0.5, 0.6) is 11.5 Å². The predicted octanol–water partition coefficient (Wildman–Crippen LogP) is 5.60. The maximum Gasteiger partial charge on any atom is 0.127 e. The third-order valence-corrected chi connectivity index (χ3v) is 6.11. The summed E-state index contributed by atoms with van der Waals surface area (Å²) in [6, 6.07) is 4.17. The number of benzene rings is 1. The smallest absolute Gasteiger partial charge is 0.127 e. The lowest BCUT2D eigenvalue weighted by atomic mass is 9.62. The Bertz CT molecular complexity index is 561. The number of fused-ring (bicyclic) bond motifs is 2. The molecule has 0 aromatic heterocycles. The summed E-state index contributed by atoms with van der Waals surface area (Å²) in [4.78, 5) is 0. The van der Waals surface area contributed by atoms with Crippen LogP contribution in [0.3, 0.4) is 0 Å². The van der Waals surface area contributed by atoms with Crippen LogP contribution in [-0.2, 0) is 11.8 Å². The Morgan fingerprint density at radius 3 is 2.74 bits per heavy atom. The van der Waals surface area contributed by atoms with E-state index >= 15 is 0 Å². The highest BCUT2D eigenvalue weighted by Crippen LogP contribution is 2.53. The first-order valence-electron chi connectivity index (χ1n) is 9.46. The van der Waals surface area contributed by atoms with Crippen LogP contribution in [0.4, 0.5) is 0 Å². The monoisotopic (exact) mass is 316 g/mol. The van der Waals surface area contributed by atoms with Crippen LogP contribution in [0, 0.1) is 11.8 Å². The minimum atomic E-state index is -0.00950. The zero-order valence-corrected chi connectivity index (χ0v) is 15.2. The van der Waals surface area contributed by atoms with Crippen molar-refractivity contribution >= 4 is 0 Å². The van der Waals surface area contributed by atoms with Gasteiger partial charge in [-0.2, -0.15) is 0 Å². The zero-order chi connectivity index (χ0) is 16.6. The molecule has 1 unspecified atom stereocenters. The van der Waals surface area contributed by atoms with Crippen LogP contribution in [0.15, 0.2) is 12.1 Å². The van der Waals surface area contributed by atoms with Gasteiger partial charge in [-0.15, -0.1) is 0 Å². The second kappa shape index (κ2) is 6.37. The number of phenolic OH excluding ortho intramolecular Hbond substituents is 1. The van der Waals surface area contributed by atoms with Crippen molar-refractivity contribution in [1.29, 1.82) is 0 Å². The average molecular weight is 316 g/mol. The molecule has 23 heavy (non-hydrogen) atoms. The number of aromatic hydroxyl groups is 1. The molecule has 1 N–H and O–H groups in total. The number of unbranched alkanes of at least 4 members (excludes halogenated alkanes) is 2. The lowest BCUT2D eigenvalue weighted by Crippen LogP contribution is -2.47. The van der Waals surface area contributed by atoms with Crippen molar-refractivity contribution in [3.63, 3.8) is 0 Å². The van der Waals surface area contributed by atoms with Crippen LogP contribution in [0.1, 0.15) is 77.3 Å². The molecule has 2 aliphatic rings. The highest BCUT2D eigenvalue weighted by Gasteiger charge is 2.47. The fourth-order valence-electron chi connectivity index (χ4n) is 4.75. The summed E-state index contributed by atoms with van der Waals surface area (Å²) in [5.74, 6) is 2.64. The molecule has 1 aromatic rings. The van der Waals surface area contributed by atoms with E-state index < -0.39 is 0 Å². The first-order chi connectivity index (χ1) is 10.9. The van der Waals surface area contributed by atoms with E-state index in [9.17, 15) is 5.11 Å². The van der Waals surface area contributed by atoms with E-state index in [-0.39, 0.29) is 5.41 Å². The maximum absolute atomic E-state index is 10.7. The van der Waals surface area contributed by atoms with Crippen LogP contribution in [0.2, 0.25) is 0 Å². The van der Waals surface area contributed by atoms with Crippen LogP contribution >= 0.6 is 0 Å². The van der Waals surface area contributed by atoms with Crippen LogP contribution in [-0.4, -0.2) is 11.2 Å². The number of rotatable bonds is 4. The van der Waals surface area contributed by atoms with Gasteiger partial charge in [-0.3, -0.25) is 0 Å². The number of hydrogen-bond acceptors (Lipinski definition) is 2. The maximum atomic E-state index is 10.7. The van der Waals surface area contributed by atoms with Gasteiger partial charge < -0.3 is 9.84 Å². The van der Waals surface area contributed by atoms with Crippen molar-refractivity contribution in [3.8, 4) is 11.5 Å². The second-order valence-electron chi connectivity index (χ2n) is 8.35. The highest BCUT2D eigenvalue weighted by molar-refractivity contribution is 5.53. The SMILES string of the molecule is CCCCCc1cc(O)c2c(c1)O[C@@H]1CC(C)CC[C@H]1C2(C)C. The van der Waals surface area contributed by atoms with Gasteiger partial charge in [0.2, 0.25) is 0 Å². The third-order valence-electron chi connectivity index (χ3n) is 6.11. The Morgan fingerprint density at radius 1 is 1.22 bits per heavy atom. The normalized spacial score (nSPS) is 28.6. The fraction of sp³-hybridized carbons (Fsp3) is 0.714. The van der Waals surface area contributed by atoms with Crippen molar-refractivity contribution in [2.24, 2.45) is 11.8 Å². The average Bonchev–Trinajstić information content (AvgIpc) is 2.46. The molecule has 0 spiro atoms. The Balaban J connectivity index is 1.92. The lowest BCUT2D eigenvalue weighted by molar-refractivity contribution is 0.00966. The van der Waals surface area contributed by atoms with Crippen molar-refractivity contribution in [1.82, 2.24) is 0 Å². The van der Waals surface area contributed by atoms with Crippen molar-refractivity contribution in [2.45, 2.75) is 84.2 Å². The minimum absolute atomic E-state index is 0.00950. The molecule has 3 rings (SSSR count). The molecule has 2 nitrogen and oxygen atoms in total. The number of ether oxygens (including phenoxy) is 1. The van der Waals surface area contributed by atoms with E-state index in [0.29, 0.717) is 17.8 Å². The van der Waals surface area contributed by atoms with E-state index in [1.165, 1.54) is 37.7 Å². The Hall–Kier alpha value is -1.18. The van der Waals surface area contributed by atoms with Crippen molar-refractivity contribution < 1.29 is 9.84 Å². The third kappa shape index (κ3) is 3.09. The molecule has 0 saturated heterocycles. The second-order valence-corrected chi connectivity index (χ2v) is 8.35. The van der Waals surface area contributed by atoms with Gasteiger partial charge in [-0.05, 0) is 49.3 Å². The Kier molecular flexibility index (Phi) is 4.62. The van der Waals surface area contributed by atoms with Gasteiger partial charge in [0, 0.05) is 16.9 Å². The molecule has 1 aliphatic carbocycles. The van der Waals surface area contributed by atoms with E-state index in [1.807, 2.05) is 6.07 Å². The number of phenols is 1. The molecule has 1 heterocycles. The molecule has 0 radical (unpaired) electrons. The summed E-state index contributed by atoms with van der Waals surface area (Å²) in [6.07, 6.45) is 8.62. The van der Waals surface area contributed by atoms with E-state index in [1.54, 1.807) is 0 Å². The summed E-state index contributed by atoms with van der Waals surface area (Å²) in [5.41, 5.74) is 2.24. The quantitative estimate of drug-likeness (QED) is 0.733. The molecule has 1 saturated carbocycles. The first-order valence-corrected chi connectivity index (χ1v) is 9.46. The van der Waals surface area contributed by atoms with Gasteiger partial charge in [0.05, 0.1) is 0 Å². The van der Waals surface area contributed by atoms with Gasteiger partial charge in [0.25, 0.3) is 0 Å². The summed E-state index contributed by atoms with van der Waals surface area (Å²) in [6.45, 7) is 9.14. The van der Waals surface area contributed by atoms with E-state index in [0.717, 1.165) is 30.1 Å². The minimum Gasteiger partial charge on any atom is -0.507 e. The molecule has 128 valence electrons. The molecule has 1 aromatic carbocycles. The lowest BCUT2D eigenvalue weighted by Gasteiger charge is -2.48. The highest BCUT2D eigenvalue weighted by atomic mass is 16.5. The number of aryl methyl sites for hydroxylation is 1. The van der Waals surface area contributed by atoms with Crippen molar-refractivity contribution in [3.05, 3.63) is 23.3 Å². The summed E-state index contributed by atoms with van der Waals surface area (Å²) < 4.78 is 6.41. The number of hydrogen-bond donors (Lipinski definition) is 1. The fourth-order valence-corrected chi connectivity index (χ4v) is 4.75. The predicted molar refractivity (Wildman–Crippen MR) is 95.3 cm³/mol.